The highest BCUT2D eigenvalue weighted by atomic mass is 16.3. The van der Waals surface area contributed by atoms with Crippen LogP contribution in [0.3, 0.4) is 0 Å². The molecule has 0 aromatic heterocycles. The van der Waals surface area contributed by atoms with Crippen molar-refractivity contribution in [2.75, 3.05) is 19.6 Å². The van der Waals surface area contributed by atoms with Crippen molar-refractivity contribution in [3.05, 3.63) is 0 Å². The Morgan fingerprint density at radius 2 is 2.00 bits per heavy atom. The van der Waals surface area contributed by atoms with Crippen LogP contribution in [0.1, 0.15) is 40.5 Å². The van der Waals surface area contributed by atoms with Crippen molar-refractivity contribution in [3.8, 4) is 0 Å². The molecule has 5 heteroatoms. The van der Waals surface area contributed by atoms with Gasteiger partial charge in [0.25, 0.3) is 0 Å². The predicted octanol–water partition coefficient (Wildman–Crippen LogP) is 0.768. The fourth-order valence-electron chi connectivity index (χ4n) is 2.07. The maximum absolute atomic E-state index is 12.0. The summed E-state index contributed by atoms with van der Waals surface area (Å²) < 4.78 is 0. The average Bonchev–Trinajstić information content (AvgIpc) is 2.31. The summed E-state index contributed by atoms with van der Waals surface area (Å²) in [6.45, 7) is 9.08. The van der Waals surface area contributed by atoms with Crippen LogP contribution in [0.5, 0.6) is 0 Å². The van der Waals surface area contributed by atoms with Gasteiger partial charge in [-0.3, -0.25) is 9.59 Å². The quantitative estimate of drug-likeness (QED) is 0.796. The van der Waals surface area contributed by atoms with Crippen LogP contribution in [0.2, 0.25) is 0 Å². The molecular formula is C14H26N2O3. The van der Waals surface area contributed by atoms with Gasteiger partial charge in [-0.1, -0.05) is 27.7 Å². The number of piperidine rings is 1. The Hall–Kier alpha value is -1.10. The van der Waals surface area contributed by atoms with E-state index in [9.17, 15) is 14.7 Å². The molecule has 0 saturated carbocycles. The van der Waals surface area contributed by atoms with Crippen LogP contribution in [0, 0.1) is 11.3 Å². The molecule has 1 aliphatic rings. The maximum Gasteiger partial charge on any atom is 0.225 e. The van der Waals surface area contributed by atoms with Gasteiger partial charge in [0.05, 0.1) is 6.10 Å². The van der Waals surface area contributed by atoms with Crippen molar-refractivity contribution in [1.82, 2.24) is 10.2 Å². The smallest absolute Gasteiger partial charge is 0.225 e. The summed E-state index contributed by atoms with van der Waals surface area (Å²) in [5.74, 6) is 0.137. The fourth-order valence-corrected chi connectivity index (χ4v) is 2.07. The summed E-state index contributed by atoms with van der Waals surface area (Å²) in [5, 5.41) is 12.4. The number of hydrogen-bond acceptors (Lipinski definition) is 3. The van der Waals surface area contributed by atoms with Crippen LogP contribution in [-0.4, -0.2) is 47.6 Å². The number of amides is 2. The zero-order valence-corrected chi connectivity index (χ0v) is 12.4. The Balaban J connectivity index is 2.30. The van der Waals surface area contributed by atoms with Crippen molar-refractivity contribution < 1.29 is 14.7 Å². The highest BCUT2D eigenvalue weighted by molar-refractivity contribution is 5.82. The first-order chi connectivity index (χ1) is 8.71. The second-order valence-corrected chi connectivity index (χ2v) is 6.43. The molecule has 2 atom stereocenters. The second kappa shape index (κ2) is 6.37. The second-order valence-electron chi connectivity index (χ2n) is 6.43. The molecule has 0 bridgehead atoms. The largest absolute Gasteiger partial charge is 0.393 e. The Kier molecular flexibility index (Phi) is 5.35. The molecular weight excluding hydrogens is 244 g/mol. The van der Waals surface area contributed by atoms with Crippen molar-refractivity contribution in [2.45, 2.75) is 46.6 Å². The van der Waals surface area contributed by atoms with E-state index in [4.69, 9.17) is 0 Å². The highest BCUT2D eigenvalue weighted by Crippen LogP contribution is 2.17. The standard InChI is InChI=1S/C14H26N2O3/c1-10-9-16(8-6-11(10)17)12(18)5-7-15-13(19)14(2,3)4/h10-11,17H,5-9H2,1-4H3,(H,15,19). The molecule has 1 aliphatic heterocycles. The van der Waals surface area contributed by atoms with Gasteiger partial charge in [0, 0.05) is 31.5 Å². The molecule has 5 nitrogen and oxygen atoms in total. The van der Waals surface area contributed by atoms with E-state index in [1.165, 1.54) is 0 Å². The normalized spacial score (nSPS) is 24.2. The third-order valence-corrected chi connectivity index (χ3v) is 3.52. The number of aliphatic hydroxyl groups is 1. The molecule has 0 aromatic carbocycles. The van der Waals surface area contributed by atoms with E-state index in [1.54, 1.807) is 4.90 Å². The fraction of sp³-hybridized carbons (Fsp3) is 0.857. The van der Waals surface area contributed by atoms with Crippen molar-refractivity contribution in [2.24, 2.45) is 11.3 Å². The van der Waals surface area contributed by atoms with Crippen LogP contribution in [0.25, 0.3) is 0 Å². The lowest BCUT2D eigenvalue weighted by atomic mass is 9.95. The molecule has 2 N–H and O–H groups in total. The molecule has 110 valence electrons. The van der Waals surface area contributed by atoms with E-state index < -0.39 is 5.41 Å². The van der Waals surface area contributed by atoms with Crippen LogP contribution < -0.4 is 5.32 Å². The predicted molar refractivity (Wildman–Crippen MR) is 73.4 cm³/mol. The lowest BCUT2D eigenvalue weighted by Gasteiger charge is -2.34. The van der Waals surface area contributed by atoms with Crippen LogP contribution in [0.15, 0.2) is 0 Å². The van der Waals surface area contributed by atoms with E-state index in [0.29, 0.717) is 32.5 Å². The molecule has 1 heterocycles. The van der Waals surface area contributed by atoms with Gasteiger partial charge in [-0.25, -0.2) is 0 Å². The topological polar surface area (TPSA) is 69.6 Å². The minimum absolute atomic E-state index is 0.0391. The van der Waals surface area contributed by atoms with Gasteiger partial charge in [0.1, 0.15) is 0 Å². The van der Waals surface area contributed by atoms with E-state index in [-0.39, 0.29) is 23.8 Å². The number of carbonyl (C=O) groups excluding carboxylic acids is 2. The highest BCUT2D eigenvalue weighted by Gasteiger charge is 2.27. The van der Waals surface area contributed by atoms with Gasteiger partial charge in [-0.2, -0.15) is 0 Å². The molecule has 2 unspecified atom stereocenters. The summed E-state index contributed by atoms with van der Waals surface area (Å²) in [6.07, 6.45) is 0.663. The molecule has 19 heavy (non-hydrogen) atoms. The first-order valence-electron chi connectivity index (χ1n) is 6.96. The molecule has 1 saturated heterocycles. The van der Waals surface area contributed by atoms with Gasteiger partial charge in [-0.05, 0) is 12.3 Å². The summed E-state index contributed by atoms with van der Waals surface area (Å²) in [7, 11) is 0. The number of rotatable bonds is 3. The van der Waals surface area contributed by atoms with Crippen LogP contribution >= 0.6 is 0 Å². The van der Waals surface area contributed by atoms with Gasteiger partial charge in [-0.15, -0.1) is 0 Å². The Labute approximate surface area is 115 Å². The van der Waals surface area contributed by atoms with Gasteiger partial charge < -0.3 is 15.3 Å². The molecule has 1 fully saturated rings. The number of nitrogens with zero attached hydrogens (tertiary/aromatic N) is 1. The number of nitrogens with one attached hydrogen (secondary N) is 1. The number of likely N-dealkylation sites (tertiary alicyclic amines) is 1. The monoisotopic (exact) mass is 270 g/mol. The third kappa shape index (κ3) is 4.82. The SMILES string of the molecule is CC1CN(C(=O)CCNC(=O)C(C)(C)C)CCC1O. The molecule has 2 amide bonds. The zero-order valence-electron chi connectivity index (χ0n) is 12.4. The summed E-state index contributed by atoms with van der Waals surface area (Å²) >= 11 is 0. The van der Waals surface area contributed by atoms with E-state index in [1.807, 2.05) is 27.7 Å². The number of carbonyl (C=O) groups is 2. The van der Waals surface area contributed by atoms with Gasteiger partial charge >= 0.3 is 0 Å². The van der Waals surface area contributed by atoms with Crippen molar-refractivity contribution in [3.63, 3.8) is 0 Å². The molecule has 0 spiro atoms. The molecule has 0 aliphatic carbocycles. The van der Waals surface area contributed by atoms with Crippen molar-refractivity contribution >= 4 is 11.8 Å². The number of hydrogen-bond donors (Lipinski definition) is 2. The minimum atomic E-state index is -0.424. The number of aliphatic hydroxyl groups excluding tert-OH is 1. The maximum atomic E-state index is 12.0. The lowest BCUT2D eigenvalue weighted by Crippen LogP contribution is -2.46. The lowest BCUT2D eigenvalue weighted by molar-refractivity contribution is -0.134. The minimum Gasteiger partial charge on any atom is -0.393 e. The molecule has 0 radical (unpaired) electrons. The summed E-state index contributed by atoms with van der Waals surface area (Å²) in [5.41, 5.74) is -0.424. The van der Waals surface area contributed by atoms with Crippen LogP contribution in [-0.2, 0) is 9.59 Å². The Morgan fingerprint density at radius 1 is 1.37 bits per heavy atom. The molecule has 0 aromatic rings. The summed E-state index contributed by atoms with van der Waals surface area (Å²) in [6, 6.07) is 0. The zero-order chi connectivity index (χ0) is 14.6. The van der Waals surface area contributed by atoms with Crippen LogP contribution in [0.4, 0.5) is 0 Å². The Morgan fingerprint density at radius 3 is 2.53 bits per heavy atom. The van der Waals surface area contributed by atoms with Gasteiger partial charge in [0.2, 0.25) is 11.8 Å². The Bertz CT molecular complexity index is 336. The van der Waals surface area contributed by atoms with E-state index in [2.05, 4.69) is 5.32 Å². The van der Waals surface area contributed by atoms with E-state index in [0.717, 1.165) is 0 Å². The molecule has 1 rings (SSSR count). The first kappa shape index (κ1) is 16.0. The first-order valence-corrected chi connectivity index (χ1v) is 6.96. The third-order valence-electron chi connectivity index (χ3n) is 3.52. The average molecular weight is 270 g/mol. The van der Waals surface area contributed by atoms with Gasteiger partial charge in [0.15, 0.2) is 0 Å². The van der Waals surface area contributed by atoms with E-state index >= 15 is 0 Å². The summed E-state index contributed by atoms with van der Waals surface area (Å²) in [4.78, 5) is 25.4. The van der Waals surface area contributed by atoms with Crippen molar-refractivity contribution in [1.29, 1.82) is 0 Å².